The van der Waals surface area contributed by atoms with Gasteiger partial charge >= 0.3 is 0 Å². The Morgan fingerprint density at radius 1 is 1.37 bits per heavy atom. The molecule has 1 aliphatic rings. The summed E-state index contributed by atoms with van der Waals surface area (Å²) < 4.78 is 10.5. The van der Waals surface area contributed by atoms with E-state index in [2.05, 4.69) is 5.32 Å². The van der Waals surface area contributed by atoms with Crippen molar-refractivity contribution in [2.45, 2.75) is 32.2 Å². The molecule has 104 valence electrons. The molecule has 2 rings (SSSR count). The van der Waals surface area contributed by atoms with Gasteiger partial charge in [-0.15, -0.1) is 0 Å². The van der Waals surface area contributed by atoms with Crippen molar-refractivity contribution in [3.8, 4) is 11.5 Å². The topological polar surface area (TPSA) is 73.6 Å². The molecule has 0 fully saturated rings. The number of halogens is 1. The van der Waals surface area contributed by atoms with Crippen LogP contribution in [0.3, 0.4) is 0 Å². The number of ether oxygens (including phenoxy) is 2. The molecule has 0 aromatic heterocycles. The summed E-state index contributed by atoms with van der Waals surface area (Å²) in [7, 11) is 0. The standard InChI is InChI=1S/C13H17ClN2O3/c1-3-13(15,4-2)12(17)16-9-6-11-10(5-8(9)14)18-7-19-11/h5-6H,3-4,7,15H2,1-2H3,(H,16,17). The zero-order valence-corrected chi connectivity index (χ0v) is 11.7. The summed E-state index contributed by atoms with van der Waals surface area (Å²) in [5.74, 6) is 0.890. The van der Waals surface area contributed by atoms with E-state index in [0.717, 1.165) is 0 Å². The van der Waals surface area contributed by atoms with Crippen LogP contribution < -0.4 is 20.5 Å². The first kappa shape index (κ1) is 14.0. The number of carbonyl (C=O) groups is 1. The third-order valence-corrected chi connectivity index (χ3v) is 3.74. The number of hydrogen-bond acceptors (Lipinski definition) is 4. The quantitative estimate of drug-likeness (QED) is 0.891. The van der Waals surface area contributed by atoms with E-state index in [9.17, 15) is 4.79 Å². The Hall–Kier alpha value is -1.46. The second-order valence-corrected chi connectivity index (χ2v) is 4.91. The van der Waals surface area contributed by atoms with Crippen LogP contribution in [0.25, 0.3) is 0 Å². The van der Waals surface area contributed by atoms with Crippen LogP contribution in [0.2, 0.25) is 5.02 Å². The van der Waals surface area contributed by atoms with Crippen molar-refractivity contribution in [2.24, 2.45) is 5.73 Å². The molecule has 1 amide bonds. The molecule has 1 aromatic rings. The van der Waals surface area contributed by atoms with Crippen LogP contribution in [0.1, 0.15) is 26.7 Å². The highest BCUT2D eigenvalue weighted by Crippen LogP contribution is 2.39. The molecule has 0 saturated heterocycles. The van der Waals surface area contributed by atoms with E-state index in [4.69, 9.17) is 26.8 Å². The molecule has 6 heteroatoms. The highest BCUT2D eigenvalue weighted by molar-refractivity contribution is 6.34. The molecule has 0 bridgehead atoms. The van der Waals surface area contributed by atoms with Crippen LogP contribution in [0.15, 0.2) is 12.1 Å². The minimum Gasteiger partial charge on any atom is -0.454 e. The molecule has 0 atom stereocenters. The Labute approximate surface area is 117 Å². The number of fused-ring (bicyclic) bond motifs is 1. The van der Waals surface area contributed by atoms with E-state index in [1.54, 1.807) is 12.1 Å². The monoisotopic (exact) mass is 284 g/mol. The van der Waals surface area contributed by atoms with Gasteiger partial charge in [-0.3, -0.25) is 4.79 Å². The molecule has 0 aliphatic carbocycles. The number of anilines is 1. The van der Waals surface area contributed by atoms with Crippen molar-refractivity contribution in [2.75, 3.05) is 12.1 Å². The predicted octanol–water partition coefficient (Wildman–Crippen LogP) is 2.52. The van der Waals surface area contributed by atoms with E-state index in [0.29, 0.717) is 35.1 Å². The van der Waals surface area contributed by atoms with Gasteiger partial charge < -0.3 is 20.5 Å². The van der Waals surface area contributed by atoms with Crippen LogP contribution in [-0.4, -0.2) is 18.2 Å². The van der Waals surface area contributed by atoms with Gasteiger partial charge in [0.15, 0.2) is 11.5 Å². The Morgan fingerprint density at radius 3 is 2.53 bits per heavy atom. The van der Waals surface area contributed by atoms with Crippen LogP contribution >= 0.6 is 11.6 Å². The summed E-state index contributed by atoms with van der Waals surface area (Å²) in [4.78, 5) is 12.2. The molecule has 5 nitrogen and oxygen atoms in total. The lowest BCUT2D eigenvalue weighted by Gasteiger charge is -2.25. The van der Waals surface area contributed by atoms with Gasteiger partial charge in [0.25, 0.3) is 0 Å². The Bertz CT molecular complexity index is 501. The van der Waals surface area contributed by atoms with Crippen molar-refractivity contribution < 1.29 is 14.3 Å². The third-order valence-electron chi connectivity index (χ3n) is 3.42. The fourth-order valence-corrected chi connectivity index (χ4v) is 2.03. The molecule has 3 N–H and O–H groups in total. The minimum atomic E-state index is -0.889. The van der Waals surface area contributed by atoms with Gasteiger partial charge in [-0.1, -0.05) is 25.4 Å². The predicted molar refractivity (Wildman–Crippen MR) is 73.7 cm³/mol. The Balaban J connectivity index is 2.22. The van der Waals surface area contributed by atoms with E-state index >= 15 is 0 Å². The second kappa shape index (κ2) is 5.27. The molecule has 19 heavy (non-hydrogen) atoms. The lowest BCUT2D eigenvalue weighted by Crippen LogP contribution is -2.50. The molecule has 1 aromatic carbocycles. The van der Waals surface area contributed by atoms with Crippen molar-refractivity contribution in [3.63, 3.8) is 0 Å². The van der Waals surface area contributed by atoms with E-state index < -0.39 is 5.54 Å². The van der Waals surface area contributed by atoms with Gasteiger partial charge in [-0.2, -0.15) is 0 Å². The third kappa shape index (κ3) is 2.62. The van der Waals surface area contributed by atoms with E-state index in [1.165, 1.54) is 0 Å². The largest absolute Gasteiger partial charge is 0.454 e. The highest BCUT2D eigenvalue weighted by Gasteiger charge is 2.30. The second-order valence-electron chi connectivity index (χ2n) is 4.50. The molecular weight excluding hydrogens is 268 g/mol. The van der Waals surface area contributed by atoms with Crippen LogP contribution in [0, 0.1) is 0 Å². The molecule has 0 spiro atoms. The van der Waals surface area contributed by atoms with Gasteiger partial charge in [0.1, 0.15) is 0 Å². The Morgan fingerprint density at radius 2 is 1.95 bits per heavy atom. The van der Waals surface area contributed by atoms with Gasteiger partial charge in [0.05, 0.1) is 16.2 Å². The first-order valence-electron chi connectivity index (χ1n) is 6.19. The van der Waals surface area contributed by atoms with Gasteiger partial charge in [-0.05, 0) is 12.8 Å². The van der Waals surface area contributed by atoms with Crippen LogP contribution in [-0.2, 0) is 4.79 Å². The van der Waals surface area contributed by atoms with Crippen LogP contribution in [0.5, 0.6) is 11.5 Å². The van der Waals surface area contributed by atoms with E-state index in [-0.39, 0.29) is 12.7 Å². The number of nitrogens with one attached hydrogen (secondary N) is 1. The molecule has 0 saturated carbocycles. The van der Waals surface area contributed by atoms with Gasteiger partial charge in [-0.25, -0.2) is 0 Å². The van der Waals surface area contributed by atoms with Gasteiger partial charge in [0.2, 0.25) is 12.7 Å². The number of benzene rings is 1. The molecule has 1 aliphatic heterocycles. The first-order chi connectivity index (χ1) is 9.00. The van der Waals surface area contributed by atoms with Crippen molar-refractivity contribution in [3.05, 3.63) is 17.2 Å². The number of amides is 1. The number of hydrogen-bond donors (Lipinski definition) is 2. The Kier molecular flexibility index (Phi) is 3.87. The maximum absolute atomic E-state index is 12.2. The highest BCUT2D eigenvalue weighted by atomic mass is 35.5. The molecule has 0 radical (unpaired) electrons. The number of carbonyl (C=O) groups excluding carboxylic acids is 1. The molecule has 0 unspecified atom stereocenters. The van der Waals surface area contributed by atoms with Gasteiger partial charge in [0, 0.05) is 12.1 Å². The van der Waals surface area contributed by atoms with Crippen molar-refractivity contribution >= 4 is 23.2 Å². The average molecular weight is 285 g/mol. The summed E-state index contributed by atoms with van der Waals surface area (Å²) in [5, 5.41) is 3.15. The summed E-state index contributed by atoms with van der Waals surface area (Å²) in [5.41, 5.74) is 5.63. The summed E-state index contributed by atoms with van der Waals surface area (Å²) in [6, 6.07) is 3.27. The summed E-state index contributed by atoms with van der Waals surface area (Å²) in [6.45, 7) is 3.92. The van der Waals surface area contributed by atoms with Crippen molar-refractivity contribution in [1.82, 2.24) is 0 Å². The smallest absolute Gasteiger partial charge is 0.244 e. The minimum absolute atomic E-state index is 0.161. The fraction of sp³-hybridized carbons (Fsp3) is 0.462. The summed E-state index contributed by atoms with van der Waals surface area (Å²) in [6.07, 6.45) is 1.11. The van der Waals surface area contributed by atoms with Crippen molar-refractivity contribution in [1.29, 1.82) is 0 Å². The zero-order chi connectivity index (χ0) is 14.0. The lowest BCUT2D eigenvalue weighted by atomic mass is 9.93. The molecular formula is C13H17ClN2O3. The molecule has 1 heterocycles. The zero-order valence-electron chi connectivity index (χ0n) is 11.0. The normalized spacial score (nSPS) is 13.5. The SMILES string of the molecule is CCC(N)(CC)C(=O)Nc1cc2c(cc1Cl)OCO2. The maximum Gasteiger partial charge on any atom is 0.244 e. The lowest BCUT2D eigenvalue weighted by molar-refractivity contribution is -0.121. The maximum atomic E-state index is 12.2. The summed E-state index contributed by atoms with van der Waals surface area (Å²) >= 11 is 6.10. The van der Waals surface area contributed by atoms with Crippen LogP contribution in [0.4, 0.5) is 5.69 Å². The van der Waals surface area contributed by atoms with E-state index in [1.807, 2.05) is 13.8 Å². The first-order valence-corrected chi connectivity index (χ1v) is 6.57. The average Bonchev–Trinajstić information content (AvgIpc) is 2.85. The number of rotatable bonds is 4. The number of nitrogens with two attached hydrogens (primary N) is 1. The fourth-order valence-electron chi connectivity index (χ4n) is 1.83.